The number of unbranched alkanes of at least 4 members (excludes halogenated alkanes) is 16. The highest BCUT2D eigenvalue weighted by molar-refractivity contribution is 5.86. The van der Waals surface area contributed by atoms with Crippen molar-refractivity contribution in [3.05, 3.63) is 0 Å². The minimum absolute atomic E-state index is 0.0590. The summed E-state index contributed by atoms with van der Waals surface area (Å²) in [5, 5.41) is 9.00. The van der Waals surface area contributed by atoms with Gasteiger partial charge in [0.1, 0.15) is 0 Å². The highest BCUT2D eigenvalue weighted by Crippen LogP contribution is 2.13. The van der Waals surface area contributed by atoms with Crippen LogP contribution in [-0.2, 0) is 14.4 Å². The van der Waals surface area contributed by atoms with Crippen LogP contribution in [0.1, 0.15) is 149 Å². The number of ketones is 1. The van der Waals surface area contributed by atoms with Crippen molar-refractivity contribution >= 4 is 17.7 Å². The molecule has 0 heterocycles. The molecule has 0 aromatic carbocycles. The van der Waals surface area contributed by atoms with Gasteiger partial charge in [-0.25, -0.2) is 0 Å². The number of aliphatic carboxylic acids is 1. The molecule has 0 aliphatic rings. The molecule has 0 aromatic rings. The molecule has 0 unspecified atom stereocenters. The summed E-state index contributed by atoms with van der Waals surface area (Å²) in [6.45, 7) is 4.65. The summed E-state index contributed by atoms with van der Waals surface area (Å²) in [6, 6.07) is 0. The third-order valence-electron chi connectivity index (χ3n) is 6.37. The van der Waals surface area contributed by atoms with Gasteiger partial charge >= 0.3 is 5.97 Å². The summed E-state index contributed by atoms with van der Waals surface area (Å²) >= 11 is 0. The Morgan fingerprint density at radius 2 is 0.939 bits per heavy atom. The molecule has 1 N–H and O–H groups in total. The Morgan fingerprint density at radius 1 is 0.545 bits per heavy atom. The molecule has 0 aliphatic carbocycles. The average Bonchev–Trinajstić information content (AvgIpc) is 2.79. The normalized spacial score (nSPS) is 11.0. The highest BCUT2D eigenvalue weighted by Gasteiger charge is 2.17. The van der Waals surface area contributed by atoms with E-state index in [-0.39, 0.29) is 31.2 Å². The standard InChI is InChI=1S/C28H53NO4/c1-3-5-7-9-11-13-15-17-19-21-26(30)25-29(24-23-28(32)33)27(31)22-20-18-16-14-12-10-8-6-4-2/h3-25H2,1-2H3,(H,32,33). The average molecular weight is 468 g/mol. The Bertz CT molecular complexity index is 492. The minimum Gasteiger partial charge on any atom is -0.481 e. The zero-order chi connectivity index (χ0) is 24.6. The van der Waals surface area contributed by atoms with E-state index in [0.717, 1.165) is 32.1 Å². The van der Waals surface area contributed by atoms with E-state index in [1.54, 1.807) is 0 Å². The van der Waals surface area contributed by atoms with Crippen LogP contribution >= 0.6 is 0 Å². The van der Waals surface area contributed by atoms with Gasteiger partial charge in [-0.15, -0.1) is 0 Å². The Balaban J connectivity index is 4.03. The number of Topliss-reactive ketones (excluding diaryl/α,β-unsaturated/α-hetero) is 1. The van der Waals surface area contributed by atoms with E-state index in [1.165, 1.54) is 88.4 Å². The second-order valence-corrected chi connectivity index (χ2v) is 9.65. The molecule has 0 atom stereocenters. The van der Waals surface area contributed by atoms with E-state index in [4.69, 9.17) is 5.11 Å². The summed E-state index contributed by atoms with van der Waals surface area (Å²) < 4.78 is 0. The number of carbonyl (C=O) groups is 3. The highest BCUT2D eigenvalue weighted by atomic mass is 16.4. The predicted molar refractivity (Wildman–Crippen MR) is 138 cm³/mol. The van der Waals surface area contributed by atoms with Crippen molar-refractivity contribution < 1.29 is 19.5 Å². The van der Waals surface area contributed by atoms with E-state index in [1.807, 2.05) is 0 Å². The monoisotopic (exact) mass is 467 g/mol. The van der Waals surface area contributed by atoms with Gasteiger partial charge in [-0.1, -0.05) is 117 Å². The van der Waals surface area contributed by atoms with Crippen LogP contribution in [0.15, 0.2) is 0 Å². The lowest BCUT2D eigenvalue weighted by Crippen LogP contribution is -2.37. The molecule has 5 nitrogen and oxygen atoms in total. The zero-order valence-electron chi connectivity index (χ0n) is 21.9. The molecule has 194 valence electrons. The van der Waals surface area contributed by atoms with Crippen LogP contribution in [0.25, 0.3) is 0 Å². The second-order valence-electron chi connectivity index (χ2n) is 9.65. The van der Waals surface area contributed by atoms with Gasteiger partial charge < -0.3 is 10.0 Å². The Morgan fingerprint density at radius 3 is 1.36 bits per heavy atom. The molecule has 1 amide bonds. The van der Waals surface area contributed by atoms with Gasteiger partial charge in [-0.05, 0) is 12.8 Å². The molecular formula is C28H53NO4. The third-order valence-corrected chi connectivity index (χ3v) is 6.37. The number of nitrogens with zero attached hydrogens (tertiary/aromatic N) is 1. The van der Waals surface area contributed by atoms with E-state index in [9.17, 15) is 14.4 Å². The Hall–Kier alpha value is -1.39. The summed E-state index contributed by atoms with van der Waals surface area (Å²) in [6.07, 6.45) is 22.3. The fraction of sp³-hybridized carbons (Fsp3) is 0.893. The molecule has 5 heteroatoms. The number of rotatable bonds is 25. The molecular weight excluding hydrogens is 414 g/mol. The van der Waals surface area contributed by atoms with Crippen molar-refractivity contribution in [3.63, 3.8) is 0 Å². The maximum absolute atomic E-state index is 12.6. The van der Waals surface area contributed by atoms with Crippen LogP contribution in [-0.4, -0.2) is 40.8 Å². The van der Waals surface area contributed by atoms with E-state index in [0.29, 0.717) is 12.8 Å². The Labute approximate surface area is 204 Å². The van der Waals surface area contributed by atoms with Crippen molar-refractivity contribution in [2.24, 2.45) is 0 Å². The van der Waals surface area contributed by atoms with Crippen molar-refractivity contribution in [3.8, 4) is 0 Å². The molecule has 0 saturated heterocycles. The zero-order valence-corrected chi connectivity index (χ0v) is 21.9. The molecule has 33 heavy (non-hydrogen) atoms. The third kappa shape index (κ3) is 22.2. The molecule has 0 bridgehead atoms. The quantitative estimate of drug-likeness (QED) is 0.140. The first-order valence-corrected chi connectivity index (χ1v) is 14.0. The van der Waals surface area contributed by atoms with E-state index in [2.05, 4.69) is 13.8 Å². The van der Waals surface area contributed by atoms with Gasteiger partial charge in [0.05, 0.1) is 13.0 Å². The van der Waals surface area contributed by atoms with Crippen LogP contribution < -0.4 is 0 Å². The lowest BCUT2D eigenvalue weighted by Gasteiger charge is -2.21. The van der Waals surface area contributed by atoms with Gasteiger partial charge in [-0.3, -0.25) is 14.4 Å². The first kappa shape index (κ1) is 31.6. The van der Waals surface area contributed by atoms with E-state index < -0.39 is 5.97 Å². The topological polar surface area (TPSA) is 74.7 Å². The lowest BCUT2D eigenvalue weighted by atomic mass is 10.0. The smallest absolute Gasteiger partial charge is 0.305 e. The number of carbonyl (C=O) groups excluding carboxylic acids is 2. The lowest BCUT2D eigenvalue weighted by molar-refractivity contribution is -0.140. The summed E-state index contributed by atoms with van der Waals surface area (Å²) in [5.41, 5.74) is 0. The number of hydrogen-bond donors (Lipinski definition) is 1. The summed E-state index contributed by atoms with van der Waals surface area (Å²) in [4.78, 5) is 37.4. The van der Waals surface area contributed by atoms with Crippen LogP contribution in [0.5, 0.6) is 0 Å². The Kier molecular flexibility index (Phi) is 22.8. The second kappa shape index (κ2) is 23.8. The van der Waals surface area contributed by atoms with E-state index >= 15 is 0 Å². The van der Waals surface area contributed by atoms with Crippen LogP contribution in [0.2, 0.25) is 0 Å². The maximum atomic E-state index is 12.6. The minimum atomic E-state index is -0.928. The number of amides is 1. The van der Waals surface area contributed by atoms with Crippen LogP contribution in [0, 0.1) is 0 Å². The molecule has 0 spiro atoms. The van der Waals surface area contributed by atoms with Crippen molar-refractivity contribution in [2.75, 3.05) is 13.1 Å². The van der Waals surface area contributed by atoms with Crippen molar-refractivity contribution in [1.82, 2.24) is 4.90 Å². The molecule has 0 aromatic heterocycles. The fourth-order valence-corrected chi connectivity index (χ4v) is 4.19. The number of hydrogen-bond acceptors (Lipinski definition) is 3. The first-order chi connectivity index (χ1) is 16.0. The van der Waals surface area contributed by atoms with Crippen LogP contribution in [0.3, 0.4) is 0 Å². The molecule has 0 rings (SSSR count). The molecule has 0 fully saturated rings. The van der Waals surface area contributed by atoms with Crippen molar-refractivity contribution in [1.29, 1.82) is 0 Å². The SMILES string of the molecule is CCCCCCCCCCCC(=O)CN(CCC(=O)O)C(=O)CCCCCCCCCCC. The fourth-order valence-electron chi connectivity index (χ4n) is 4.19. The molecule has 0 saturated carbocycles. The first-order valence-electron chi connectivity index (χ1n) is 14.0. The molecule has 0 radical (unpaired) electrons. The van der Waals surface area contributed by atoms with Gasteiger partial charge in [0, 0.05) is 19.4 Å². The van der Waals surface area contributed by atoms with Gasteiger partial charge in [0.2, 0.25) is 5.91 Å². The van der Waals surface area contributed by atoms with Gasteiger partial charge in [-0.2, -0.15) is 0 Å². The number of carboxylic acids is 1. The number of carboxylic acid groups (broad SMARTS) is 1. The van der Waals surface area contributed by atoms with Gasteiger partial charge in [0.15, 0.2) is 5.78 Å². The van der Waals surface area contributed by atoms with Crippen molar-refractivity contribution in [2.45, 2.75) is 149 Å². The largest absolute Gasteiger partial charge is 0.481 e. The summed E-state index contributed by atoms with van der Waals surface area (Å²) in [7, 11) is 0. The molecule has 0 aliphatic heterocycles. The van der Waals surface area contributed by atoms with Crippen LogP contribution in [0.4, 0.5) is 0 Å². The predicted octanol–water partition coefficient (Wildman–Crippen LogP) is 7.70. The maximum Gasteiger partial charge on any atom is 0.305 e. The summed E-state index contributed by atoms with van der Waals surface area (Å²) in [5.74, 6) is -0.939. The van der Waals surface area contributed by atoms with Gasteiger partial charge in [0.25, 0.3) is 0 Å².